The molecule has 0 unspecified atom stereocenters. The molecule has 4 aromatic carbocycles. The molecule has 0 aliphatic heterocycles. The molecule has 0 amide bonds. The van der Waals surface area contributed by atoms with Gasteiger partial charge >= 0.3 is 5.97 Å². The summed E-state index contributed by atoms with van der Waals surface area (Å²) >= 11 is 3.37. The Balaban J connectivity index is 1.58. The Labute approximate surface area is 193 Å². The number of hydrazone groups is 1. The van der Waals surface area contributed by atoms with Crippen molar-refractivity contribution in [3.8, 4) is 5.75 Å². The van der Waals surface area contributed by atoms with Crippen molar-refractivity contribution in [2.45, 2.75) is 4.90 Å². The average Bonchev–Trinajstić information content (AvgIpc) is 2.81. The van der Waals surface area contributed by atoms with Crippen LogP contribution >= 0.6 is 15.9 Å². The molecule has 0 aromatic heterocycles. The first-order valence-electron chi connectivity index (χ1n) is 9.53. The number of halogens is 1. The van der Waals surface area contributed by atoms with Gasteiger partial charge in [0.15, 0.2) is 0 Å². The zero-order chi connectivity index (χ0) is 22.6. The maximum Gasteiger partial charge on any atom is 0.344 e. The zero-order valence-electron chi connectivity index (χ0n) is 16.6. The summed E-state index contributed by atoms with van der Waals surface area (Å²) in [6.07, 6.45) is 1.29. The smallest absolute Gasteiger partial charge is 0.344 e. The van der Waals surface area contributed by atoms with Crippen molar-refractivity contribution in [3.63, 3.8) is 0 Å². The van der Waals surface area contributed by atoms with Gasteiger partial charge in [0.1, 0.15) is 5.75 Å². The van der Waals surface area contributed by atoms with Gasteiger partial charge in [-0.05, 0) is 47.2 Å². The number of nitrogens with one attached hydrogen (secondary N) is 1. The summed E-state index contributed by atoms with van der Waals surface area (Å²) in [5, 5.41) is 5.55. The molecule has 0 saturated carbocycles. The number of ether oxygens (including phenoxy) is 1. The molecule has 0 aliphatic carbocycles. The van der Waals surface area contributed by atoms with Crippen LogP contribution in [0.1, 0.15) is 15.9 Å². The van der Waals surface area contributed by atoms with Crippen LogP contribution in [0.5, 0.6) is 5.75 Å². The zero-order valence-corrected chi connectivity index (χ0v) is 19.0. The van der Waals surface area contributed by atoms with Crippen molar-refractivity contribution >= 4 is 48.9 Å². The summed E-state index contributed by atoms with van der Waals surface area (Å²) in [5.74, 6) is -0.280. The lowest BCUT2D eigenvalue weighted by molar-refractivity contribution is 0.0736. The normalized spacial score (nSPS) is 11.5. The lowest BCUT2D eigenvalue weighted by Gasteiger charge is -2.10. The van der Waals surface area contributed by atoms with E-state index in [0.29, 0.717) is 11.1 Å². The van der Waals surface area contributed by atoms with Crippen LogP contribution in [0.3, 0.4) is 0 Å². The Bertz CT molecular complexity index is 1420. The van der Waals surface area contributed by atoms with E-state index >= 15 is 0 Å². The van der Waals surface area contributed by atoms with Crippen molar-refractivity contribution in [2.24, 2.45) is 5.10 Å². The molecule has 4 aromatic rings. The third-order valence-corrected chi connectivity index (χ3v) is 6.35. The van der Waals surface area contributed by atoms with Gasteiger partial charge in [-0.1, -0.05) is 70.5 Å². The third kappa shape index (κ3) is 4.87. The first-order valence-corrected chi connectivity index (χ1v) is 11.8. The van der Waals surface area contributed by atoms with Crippen LogP contribution < -0.4 is 9.57 Å². The highest BCUT2D eigenvalue weighted by molar-refractivity contribution is 9.10. The topological polar surface area (TPSA) is 84.8 Å². The standard InChI is InChI=1S/C24H17BrN2O4S/c25-19-13-14-23(31-24(28)22-12-6-8-17-7-4-5-11-21(17)22)18(15-19)16-26-27-32(29,30)20-9-2-1-3-10-20/h1-16,27H/b26-16-. The summed E-state index contributed by atoms with van der Waals surface area (Å²) in [7, 11) is -3.81. The Morgan fingerprint density at radius 1 is 0.906 bits per heavy atom. The van der Waals surface area contributed by atoms with Crippen molar-refractivity contribution in [2.75, 3.05) is 0 Å². The largest absolute Gasteiger partial charge is 0.422 e. The quantitative estimate of drug-likeness (QED) is 0.169. The van der Waals surface area contributed by atoms with Gasteiger partial charge in [-0.2, -0.15) is 13.5 Å². The number of nitrogens with zero attached hydrogens (tertiary/aromatic N) is 1. The molecule has 160 valence electrons. The van der Waals surface area contributed by atoms with Gasteiger partial charge in [-0.25, -0.2) is 9.63 Å². The molecule has 0 radical (unpaired) electrons. The van der Waals surface area contributed by atoms with Crippen LogP contribution in [0.25, 0.3) is 10.8 Å². The van der Waals surface area contributed by atoms with Gasteiger partial charge in [-0.3, -0.25) is 0 Å². The van der Waals surface area contributed by atoms with E-state index in [1.165, 1.54) is 18.3 Å². The van der Waals surface area contributed by atoms with Crippen molar-refractivity contribution < 1.29 is 17.9 Å². The molecule has 0 bridgehead atoms. The van der Waals surface area contributed by atoms with E-state index in [1.807, 2.05) is 30.3 Å². The second kappa shape index (κ2) is 9.33. The fraction of sp³-hybridized carbons (Fsp3) is 0. The number of fused-ring (bicyclic) bond motifs is 1. The number of esters is 1. The maximum atomic E-state index is 12.9. The van der Waals surface area contributed by atoms with Crippen LogP contribution in [0.4, 0.5) is 0 Å². The minimum atomic E-state index is -3.81. The van der Waals surface area contributed by atoms with E-state index in [4.69, 9.17) is 4.74 Å². The lowest BCUT2D eigenvalue weighted by Crippen LogP contribution is -2.18. The Hall–Kier alpha value is -3.49. The summed E-state index contributed by atoms with van der Waals surface area (Å²) in [6, 6.07) is 25.8. The Morgan fingerprint density at radius 2 is 1.62 bits per heavy atom. The molecule has 0 heterocycles. The molecule has 0 spiro atoms. The SMILES string of the molecule is O=C(Oc1ccc(Br)cc1/C=N\NS(=O)(=O)c1ccccc1)c1cccc2ccccc12. The molecule has 4 rings (SSSR count). The lowest BCUT2D eigenvalue weighted by atomic mass is 10.0. The summed E-state index contributed by atoms with van der Waals surface area (Å²) in [4.78, 5) is 15.2. The number of carbonyl (C=O) groups excluding carboxylic acids is 1. The van der Waals surface area contributed by atoms with Crippen molar-refractivity contribution in [1.29, 1.82) is 0 Å². The minimum absolute atomic E-state index is 0.0917. The Kier molecular flexibility index (Phi) is 6.34. The predicted molar refractivity (Wildman–Crippen MR) is 127 cm³/mol. The van der Waals surface area contributed by atoms with Gasteiger partial charge in [0.25, 0.3) is 10.0 Å². The van der Waals surface area contributed by atoms with Crippen LogP contribution in [0, 0.1) is 0 Å². The first-order chi connectivity index (χ1) is 15.4. The van der Waals surface area contributed by atoms with Crippen LogP contribution in [-0.4, -0.2) is 20.6 Å². The molecule has 32 heavy (non-hydrogen) atoms. The summed E-state index contributed by atoms with van der Waals surface area (Å²) in [6.45, 7) is 0. The van der Waals surface area contributed by atoms with E-state index < -0.39 is 16.0 Å². The number of rotatable bonds is 6. The maximum absolute atomic E-state index is 12.9. The predicted octanol–water partition coefficient (Wildman–Crippen LogP) is 5.13. The number of carbonyl (C=O) groups is 1. The second-order valence-electron chi connectivity index (χ2n) is 6.76. The van der Waals surface area contributed by atoms with E-state index in [-0.39, 0.29) is 10.6 Å². The van der Waals surface area contributed by atoms with Gasteiger partial charge in [0.05, 0.1) is 16.7 Å². The molecular weight excluding hydrogens is 492 g/mol. The molecule has 6 nitrogen and oxygen atoms in total. The highest BCUT2D eigenvalue weighted by Crippen LogP contribution is 2.25. The average molecular weight is 509 g/mol. The Morgan fingerprint density at radius 3 is 2.44 bits per heavy atom. The summed E-state index contributed by atoms with van der Waals surface area (Å²) in [5.41, 5.74) is 0.849. The first kappa shape index (κ1) is 21.7. The monoisotopic (exact) mass is 508 g/mol. The number of benzene rings is 4. The van der Waals surface area contributed by atoms with E-state index in [0.717, 1.165) is 15.2 Å². The van der Waals surface area contributed by atoms with Crippen LogP contribution in [0.15, 0.2) is 105 Å². The summed E-state index contributed by atoms with van der Waals surface area (Å²) < 4.78 is 31.0. The van der Waals surface area contributed by atoms with Crippen molar-refractivity contribution in [1.82, 2.24) is 4.83 Å². The fourth-order valence-corrected chi connectivity index (χ4v) is 4.28. The van der Waals surface area contributed by atoms with E-state index in [2.05, 4.69) is 25.9 Å². The minimum Gasteiger partial charge on any atom is -0.422 e. The molecule has 0 aliphatic rings. The van der Waals surface area contributed by atoms with Gasteiger partial charge < -0.3 is 4.74 Å². The number of sulfonamides is 1. The molecular formula is C24H17BrN2O4S. The fourth-order valence-electron chi connectivity index (χ4n) is 3.09. The number of hydrogen-bond acceptors (Lipinski definition) is 5. The van der Waals surface area contributed by atoms with Gasteiger partial charge in [0, 0.05) is 10.0 Å². The van der Waals surface area contributed by atoms with Crippen LogP contribution in [0.2, 0.25) is 0 Å². The molecule has 0 fully saturated rings. The second-order valence-corrected chi connectivity index (χ2v) is 9.34. The van der Waals surface area contributed by atoms with E-state index in [1.54, 1.807) is 48.5 Å². The van der Waals surface area contributed by atoms with Crippen molar-refractivity contribution in [3.05, 3.63) is 107 Å². The van der Waals surface area contributed by atoms with Gasteiger partial charge in [0.2, 0.25) is 0 Å². The van der Waals surface area contributed by atoms with E-state index in [9.17, 15) is 13.2 Å². The molecule has 0 saturated heterocycles. The molecule has 1 N–H and O–H groups in total. The third-order valence-electron chi connectivity index (χ3n) is 4.61. The van der Waals surface area contributed by atoms with Gasteiger partial charge in [-0.15, -0.1) is 0 Å². The van der Waals surface area contributed by atoms with Crippen LogP contribution in [-0.2, 0) is 10.0 Å². The highest BCUT2D eigenvalue weighted by Gasteiger charge is 2.15. The molecule has 8 heteroatoms. The molecule has 0 atom stereocenters. The highest BCUT2D eigenvalue weighted by atomic mass is 79.9. The number of hydrogen-bond donors (Lipinski definition) is 1.